The van der Waals surface area contributed by atoms with E-state index in [1.807, 2.05) is 0 Å². The maximum Gasteiger partial charge on any atom is 0.303 e. The zero-order chi connectivity index (χ0) is 15.2. The van der Waals surface area contributed by atoms with Crippen molar-refractivity contribution in [1.29, 1.82) is 0 Å². The fourth-order valence-electron chi connectivity index (χ4n) is 1.54. The Balaban J connectivity index is 1.94. The largest absolute Gasteiger partial charge is 0.481 e. The third kappa shape index (κ3) is 4.52. The Hall–Kier alpha value is -1.96. The van der Waals surface area contributed by atoms with E-state index in [1.54, 1.807) is 0 Å². The van der Waals surface area contributed by atoms with Crippen LogP contribution in [0, 0.1) is 0 Å². The van der Waals surface area contributed by atoms with Crippen molar-refractivity contribution in [2.45, 2.75) is 24.5 Å². The van der Waals surface area contributed by atoms with Gasteiger partial charge in [-0.3, -0.25) is 4.79 Å². The average Bonchev–Trinajstić information content (AvgIpc) is 2.92. The normalized spacial score (nSPS) is 11.0. The summed E-state index contributed by atoms with van der Waals surface area (Å²) in [6, 6.07) is 5.61. The molecule has 2 aromatic rings. The number of aromatic nitrogens is 2. The molecule has 0 aliphatic carbocycles. The lowest BCUT2D eigenvalue weighted by molar-refractivity contribution is -0.137. The lowest BCUT2D eigenvalue weighted by Crippen LogP contribution is -1.94. The second-order valence-corrected chi connectivity index (χ2v) is 5.19. The molecular formula is C13H12F2N2O3S. The minimum Gasteiger partial charge on any atom is -0.481 e. The third-order valence-corrected chi connectivity index (χ3v) is 3.48. The van der Waals surface area contributed by atoms with Gasteiger partial charge in [-0.2, -0.15) is 0 Å². The molecule has 0 radical (unpaired) electrons. The first-order valence-electron chi connectivity index (χ1n) is 6.13. The molecule has 5 nitrogen and oxygen atoms in total. The Labute approximate surface area is 123 Å². The predicted molar refractivity (Wildman–Crippen MR) is 72.3 cm³/mol. The number of nitrogens with zero attached hydrogens (tertiary/aromatic N) is 2. The molecular weight excluding hydrogens is 302 g/mol. The van der Waals surface area contributed by atoms with Crippen LogP contribution >= 0.6 is 11.8 Å². The zero-order valence-corrected chi connectivity index (χ0v) is 11.6. The van der Waals surface area contributed by atoms with Crippen molar-refractivity contribution in [3.05, 3.63) is 29.8 Å². The number of thioether (sulfide) groups is 1. The van der Waals surface area contributed by atoms with Crippen LogP contribution in [0.15, 0.2) is 33.9 Å². The Bertz CT molecular complexity index is 602. The van der Waals surface area contributed by atoms with Crippen LogP contribution in [0.4, 0.5) is 8.78 Å². The van der Waals surface area contributed by atoms with E-state index in [0.717, 1.165) is 0 Å². The summed E-state index contributed by atoms with van der Waals surface area (Å²) in [5.74, 6) is -0.0457. The van der Waals surface area contributed by atoms with Gasteiger partial charge in [0.2, 0.25) is 5.89 Å². The monoisotopic (exact) mass is 314 g/mol. The Morgan fingerprint density at radius 2 is 2.00 bits per heavy atom. The van der Waals surface area contributed by atoms with Gasteiger partial charge in [0.25, 0.3) is 11.6 Å². The van der Waals surface area contributed by atoms with Crippen molar-refractivity contribution < 1.29 is 23.1 Å². The fraction of sp³-hybridized carbons (Fsp3) is 0.308. The maximum absolute atomic E-state index is 12.4. The van der Waals surface area contributed by atoms with Crippen LogP contribution in [0.3, 0.4) is 0 Å². The molecule has 2 rings (SSSR count). The van der Waals surface area contributed by atoms with E-state index in [-0.39, 0.29) is 17.9 Å². The molecule has 112 valence electrons. The van der Waals surface area contributed by atoms with Crippen LogP contribution in [0.2, 0.25) is 0 Å². The molecule has 0 aliphatic rings. The van der Waals surface area contributed by atoms with Crippen LogP contribution in [-0.4, -0.2) is 27.0 Å². The molecule has 8 heteroatoms. The molecule has 21 heavy (non-hydrogen) atoms. The average molecular weight is 314 g/mol. The molecule has 0 spiro atoms. The number of carbonyl (C=O) groups is 1. The van der Waals surface area contributed by atoms with Crippen molar-refractivity contribution in [3.8, 4) is 11.5 Å². The lowest BCUT2D eigenvalue weighted by Gasteiger charge is -1.99. The van der Waals surface area contributed by atoms with Gasteiger partial charge in [-0.25, -0.2) is 8.78 Å². The van der Waals surface area contributed by atoms with E-state index in [2.05, 4.69) is 10.2 Å². The summed E-state index contributed by atoms with van der Waals surface area (Å²) >= 11 is 1.26. The summed E-state index contributed by atoms with van der Waals surface area (Å²) in [5.41, 5.74) is 0.492. The van der Waals surface area contributed by atoms with Gasteiger partial charge >= 0.3 is 5.97 Å². The van der Waals surface area contributed by atoms with Crippen molar-refractivity contribution in [2.75, 3.05) is 5.75 Å². The number of halogens is 2. The standard InChI is InChI=1S/C13H12F2N2O3S/c14-11(15)8-3-5-9(6-4-8)12-16-17-13(20-12)21-7-1-2-10(18)19/h3-6,11H,1-2,7H2,(H,18,19). The highest BCUT2D eigenvalue weighted by Gasteiger charge is 2.11. The van der Waals surface area contributed by atoms with Crippen molar-refractivity contribution in [3.63, 3.8) is 0 Å². The van der Waals surface area contributed by atoms with E-state index in [4.69, 9.17) is 9.52 Å². The van der Waals surface area contributed by atoms with Gasteiger partial charge < -0.3 is 9.52 Å². The molecule has 0 atom stereocenters. The Morgan fingerprint density at radius 3 is 2.62 bits per heavy atom. The van der Waals surface area contributed by atoms with Crippen LogP contribution in [0.5, 0.6) is 0 Å². The molecule has 0 bridgehead atoms. The first kappa shape index (κ1) is 15.4. The number of hydrogen-bond acceptors (Lipinski definition) is 5. The van der Waals surface area contributed by atoms with E-state index in [1.165, 1.54) is 36.0 Å². The van der Waals surface area contributed by atoms with Crippen molar-refractivity contribution in [2.24, 2.45) is 0 Å². The highest BCUT2D eigenvalue weighted by atomic mass is 32.2. The molecule has 0 saturated heterocycles. The van der Waals surface area contributed by atoms with Gasteiger partial charge in [-0.15, -0.1) is 10.2 Å². The van der Waals surface area contributed by atoms with Gasteiger partial charge in [0.1, 0.15) is 0 Å². The Morgan fingerprint density at radius 1 is 1.29 bits per heavy atom. The van der Waals surface area contributed by atoms with Crippen LogP contribution in [0.25, 0.3) is 11.5 Å². The SMILES string of the molecule is O=C(O)CCCSc1nnc(-c2ccc(C(F)F)cc2)o1. The topological polar surface area (TPSA) is 76.2 Å². The summed E-state index contributed by atoms with van der Waals surface area (Å²) in [6.07, 6.45) is -1.92. The molecule has 1 N–H and O–H groups in total. The van der Waals surface area contributed by atoms with E-state index in [9.17, 15) is 13.6 Å². The van der Waals surface area contributed by atoms with Gasteiger partial charge in [0.15, 0.2) is 0 Å². The number of carboxylic acids is 1. The fourth-order valence-corrected chi connectivity index (χ4v) is 2.24. The van der Waals surface area contributed by atoms with Gasteiger partial charge in [-0.1, -0.05) is 23.9 Å². The van der Waals surface area contributed by atoms with Crippen LogP contribution in [-0.2, 0) is 4.79 Å². The predicted octanol–water partition coefficient (Wildman–Crippen LogP) is 3.63. The summed E-state index contributed by atoms with van der Waals surface area (Å²) in [5, 5.41) is 16.5. The molecule has 0 saturated carbocycles. The van der Waals surface area contributed by atoms with Gasteiger partial charge in [-0.05, 0) is 18.6 Å². The molecule has 1 aromatic carbocycles. The molecule has 0 unspecified atom stereocenters. The number of rotatable bonds is 7. The third-order valence-electron chi connectivity index (χ3n) is 2.58. The lowest BCUT2D eigenvalue weighted by atomic mass is 10.1. The van der Waals surface area contributed by atoms with E-state index >= 15 is 0 Å². The van der Waals surface area contributed by atoms with Crippen LogP contribution < -0.4 is 0 Å². The van der Waals surface area contributed by atoms with Crippen molar-refractivity contribution >= 4 is 17.7 Å². The number of benzene rings is 1. The highest BCUT2D eigenvalue weighted by Crippen LogP contribution is 2.26. The van der Waals surface area contributed by atoms with E-state index < -0.39 is 12.4 Å². The first-order chi connectivity index (χ1) is 10.1. The Kier molecular flexibility index (Phi) is 5.26. The van der Waals surface area contributed by atoms with E-state index in [0.29, 0.717) is 23.0 Å². The minimum absolute atomic E-state index is 0.0680. The van der Waals surface area contributed by atoms with Gasteiger partial charge in [0.05, 0.1) is 0 Å². The second-order valence-electron chi connectivity index (χ2n) is 4.14. The van der Waals surface area contributed by atoms with Crippen LogP contribution in [0.1, 0.15) is 24.8 Å². The molecule has 0 amide bonds. The highest BCUT2D eigenvalue weighted by molar-refractivity contribution is 7.99. The summed E-state index contributed by atoms with van der Waals surface area (Å²) in [4.78, 5) is 10.4. The maximum atomic E-state index is 12.4. The second kappa shape index (κ2) is 7.16. The molecule has 1 heterocycles. The molecule has 1 aromatic heterocycles. The number of alkyl halides is 2. The smallest absolute Gasteiger partial charge is 0.303 e. The number of aliphatic carboxylic acids is 1. The van der Waals surface area contributed by atoms with Crippen molar-refractivity contribution in [1.82, 2.24) is 10.2 Å². The summed E-state index contributed by atoms with van der Waals surface area (Å²) in [6.45, 7) is 0. The minimum atomic E-state index is -2.51. The quantitative estimate of drug-likeness (QED) is 0.621. The van der Waals surface area contributed by atoms with Gasteiger partial charge in [0, 0.05) is 23.3 Å². The molecule has 0 fully saturated rings. The number of hydrogen-bond donors (Lipinski definition) is 1. The zero-order valence-electron chi connectivity index (χ0n) is 10.8. The molecule has 0 aliphatic heterocycles. The number of carboxylic acid groups (broad SMARTS) is 1. The summed E-state index contributed by atoms with van der Waals surface area (Å²) in [7, 11) is 0. The summed E-state index contributed by atoms with van der Waals surface area (Å²) < 4.78 is 30.3. The first-order valence-corrected chi connectivity index (χ1v) is 7.11.